The molecule has 0 bridgehead atoms. The Labute approximate surface area is 189 Å². The number of nitrogens with two attached hydrogens (primary N) is 1. The van der Waals surface area contributed by atoms with Crippen molar-refractivity contribution < 1.29 is 19.5 Å². The minimum atomic E-state index is -1.04. The molecule has 1 heterocycles. The molecular weight excluding hydrogens is 406 g/mol. The fourth-order valence-corrected chi connectivity index (χ4v) is 4.32. The molecule has 1 aliphatic heterocycles. The Morgan fingerprint density at radius 2 is 1.75 bits per heavy atom. The van der Waals surface area contributed by atoms with Crippen molar-refractivity contribution in [2.24, 2.45) is 5.73 Å². The van der Waals surface area contributed by atoms with Crippen LogP contribution >= 0.6 is 0 Å². The van der Waals surface area contributed by atoms with Gasteiger partial charge >= 0.3 is 5.97 Å². The van der Waals surface area contributed by atoms with Gasteiger partial charge in [-0.3, -0.25) is 19.3 Å². The van der Waals surface area contributed by atoms with E-state index in [9.17, 15) is 14.4 Å². The highest BCUT2D eigenvalue weighted by Gasteiger charge is 2.33. The van der Waals surface area contributed by atoms with E-state index in [2.05, 4.69) is 18.9 Å². The number of nitrogens with zero attached hydrogens (tertiary/aromatic N) is 2. The molecule has 7 nitrogen and oxygen atoms in total. The van der Waals surface area contributed by atoms with E-state index in [1.54, 1.807) is 6.07 Å². The predicted molar refractivity (Wildman–Crippen MR) is 126 cm³/mol. The van der Waals surface area contributed by atoms with Gasteiger partial charge in [-0.1, -0.05) is 38.3 Å². The first-order valence-electron chi connectivity index (χ1n) is 11.5. The number of hydrogen-bond donors (Lipinski definition) is 2. The van der Waals surface area contributed by atoms with E-state index in [1.807, 2.05) is 24.3 Å². The second-order valence-electron chi connectivity index (χ2n) is 8.55. The van der Waals surface area contributed by atoms with Gasteiger partial charge in [0.15, 0.2) is 0 Å². The first-order chi connectivity index (χ1) is 15.4. The maximum absolute atomic E-state index is 13.1. The van der Waals surface area contributed by atoms with Crippen molar-refractivity contribution in [3.63, 3.8) is 0 Å². The molecule has 1 unspecified atom stereocenters. The van der Waals surface area contributed by atoms with E-state index in [4.69, 9.17) is 10.8 Å². The van der Waals surface area contributed by atoms with Crippen LogP contribution in [-0.4, -0.2) is 54.0 Å². The zero-order chi connectivity index (χ0) is 23.3. The van der Waals surface area contributed by atoms with Gasteiger partial charge in [-0.2, -0.15) is 0 Å². The van der Waals surface area contributed by atoms with Crippen molar-refractivity contribution >= 4 is 34.2 Å². The SMILES string of the molecule is CCCCCCN(C)c1ccc2c3c(cccc13)C(=O)N(CCCCC(N)C(=O)O)C2=O. The number of benzene rings is 2. The highest BCUT2D eigenvalue weighted by atomic mass is 16.4. The Morgan fingerprint density at radius 3 is 2.44 bits per heavy atom. The molecule has 172 valence electrons. The molecular formula is C25H33N3O4. The number of carboxylic acids is 1. The number of carboxylic acid groups (broad SMARTS) is 1. The molecule has 0 aliphatic carbocycles. The molecule has 32 heavy (non-hydrogen) atoms. The summed E-state index contributed by atoms with van der Waals surface area (Å²) in [6.45, 7) is 3.36. The molecule has 2 aromatic rings. The van der Waals surface area contributed by atoms with Crippen LogP contribution in [0.3, 0.4) is 0 Å². The van der Waals surface area contributed by atoms with E-state index in [-0.39, 0.29) is 18.4 Å². The fraction of sp³-hybridized carbons (Fsp3) is 0.480. The third-order valence-electron chi connectivity index (χ3n) is 6.19. The van der Waals surface area contributed by atoms with E-state index in [0.717, 1.165) is 29.4 Å². The summed E-state index contributed by atoms with van der Waals surface area (Å²) in [7, 11) is 2.05. The third kappa shape index (κ3) is 4.93. The number of amides is 2. The zero-order valence-electron chi connectivity index (χ0n) is 19.0. The standard InChI is InChI=1S/C25H33N3O4/c1-3-4-5-7-15-27(2)21-14-13-19-22-17(21)10-9-11-18(22)23(29)28(24(19)30)16-8-6-12-20(26)25(31)32/h9-11,13-14,20H,3-8,12,15-16,26H2,1-2H3,(H,31,32). The van der Waals surface area contributed by atoms with Gasteiger partial charge < -0.3 is 15.7 Å². The topological polar surface area (TPSA) is 104 Å². The lowest BCUT2D eigenvalue weighted by Gasteiger charge is -2.29. The molecule has 1 atom stereocenters. The van der Waals surface area contributed by atoms with E-state index >= 15 is 0 Å². The summed E-state index contributed by atoms with van der Waals surface area (Å²) in [6, 6.07) is 8.50. The quantitative estimate of drug-likeness (QED) is 0.382. The Balaban J connectivity index is 1.79. The van der Waals surface area contributed by atoms with Crippen LogP contribution in [0.25, 0.3) is 10.8 Å². The second-order valence-corrected chi connectivity index (χ2v) is 8.55. The summed E-state index contributed by atoms with van der Waals surface area (Å²) < 4.78 is 0. The van der Waals surface area contributed by atoms with Crippen LogP contribution in [0, 0.1) is 0 Å². The van der Waals surface area contributed by atoms with Crippen LogP contribution in [0.5, 0.6) is 0 Å². The molecule has 0 spiro atoms. The van der Waals surface area contributed by atoms with Crippen LogP contribution in [0.2, 0.25) is 0 Å². The van der Waals surface area contributed by atoms with Gasteiger partial charge in [-0.15, -0.1) is 0 Å². The van der Waals surface area contributed by atoms with Crippen molar-refractivity contribution in [1.82, 2.24) is 4.90 Å². The molecule has 3 N–H and O–H groups in total. The van der Waals surface area contributed by atoms with Crippen LogP contribution in [0.4, 0.5) is 5.69 Å². The average molecular weight is 440 g/mol. The number of aliphatic carboxylic acids is 1. The van der Waals surface area contributed by atoms with Crippen molar-refractivity contribution in [1.29, 1.82) is 0 Å². The lowest BCUT2D eigenvalue weighted by Crippen LogP contribution is -2.41. The number of imide groups is 1. The summed E-state index contributed by atoms with van der Waals surface area (Å²) in [4.78, 5) is 40.6. The summed E-state index contributed by atoms with van der Waals surface area (Å²) in [5, 5.41) is 10.5. The maximum Gasteiger partial charge on any atom is 0.320 e. The maximum atomic E-state index is 13.1. The van der Waals surface area contributed by atoms with Gasteiger partial charge in [0, 0.05) is 47.7 Å². The monoisotopic (exact) mass is 439 g/mol. The van der Waals surface area contributed by atoms with E-state index in [1.165, 1.54) is 24.2 Å². The van der Waals surface area contributed by atoms with E-state index < -0.39 is 12.0 Å². The van der Waals surface area contributed by atoms with Crippen molar-refractivity contribution in [3.8, 4) is 0 Å². The molecule has 1 aliphatic rings. The minimum Gasteiger partial charge on any atom is -0.480 e. The van der Waals surface area contributed by atoms with Gasteiger partial charge in [-0.25, -0.2) is 0 Å². The number of anilines is 1. The molecule has 0 fully saturated rings. The first kappa shape index (κ1) is 23.7. The second kappa shape index (κ2) is 10.6. The molecule has 0 saturated carbocycles. The van der Waals surface area contributed by atoms with Crippen LogP contribution in [0.15, 0.2) is 30.3 Å². The summed E-state index contributed by atoms with van der Waals surface area (Å²) >= 11 is 0. The Hall–Kier alpha value is -2.93. The lowest BCUT2D eigenvalue weighted by molar-refractivity contribution is -0.138. The third-order valence-corrected chi connectivity index (χ3v) is 6.19. The van der Waals surface area contributed by atoms with Crippen molar-refractivity contribution in [3.05, 3.63) is 41.5 Å². The van der Waals surface area contributed by atoms with Gasteiger partial charge in [0.05, 0.1) is 0 Å². The number of carbonyl (C=O) groups is 3. The van der Waals surface area contributed by atoms with Gasteiger partial charge in [0.1, 0.15) is 6.04 Å². The molecule has 2 amide bonds. The Kier molecular flexibility index (Phi) is 7.85. The van der Waals surface area contributed by atoms with Gasteiger partial charge in [0.2, 0.25) is 0 Å². The zero-order valence-corrected chi connectivity index (χ0v) is 19.0. The van der Waals surface area contributed by atoms with Gasteiger partial charge in [-0.05, 0) is 43.9 Å². The summed E-state index contributed by atoms with van der Waals surface area (Å²) in [6.07, 6.45) is 6.06. The highest BCUT2D eigenvalue weighted by Crippen LogP contribution is 2.35. The molecule has 3 rings (SSSR count). The number of unbranched alkanes of at least 4 members (excludes halogenated alkanes) is 4. The molecule has 0 radical (unpaired) electrons. The Bertz CT molecular complexity index is 982. The summed E-state index contributed by atoms with van der Waals surface area (Å²) in [5.74, 6) is -1.63. The first-order valence-corrected chi connectivity index (χ1v) is 11.5. The average Bonchev–Trinajstić information content (AvgIpc) is 2.78. The molecule has 7 heteroatoms. The number of rotatable bonds is 12. The normalized spacial score (nSPS) is 14.2. The number of hydrogen-bond acceptors (Lipinski definition) is 5. The fourth-order valence-electron chi connectivity index (χ4n) is 4.32. The smallest absolute Gasteiger partial charge is 0.320 e. The predicted octanol–water partition coefficient (Wildman–Crippen LogP) is 4.03. The van der Waals surface area contributed by atoms with E-state index in [0.29, 0.717) is 30.4 Å². The van der Waals surface area contributed by atoms with Gasteiger partial charge in [0.25, 0.3) is 11.8 Å². The highest BCUT2D eigenvalue weighted by molar-refractivity contribution is 6.26. The number of carbonyl (C=O) groups excluding carboxylic acids is 2. The van der Waals surface area contributed by atoms with Crippen molar-refractivity contribution in [2.75, 3.05) is 25.0 Å². The summed E-state index contributed by atoms with van der Waals surface area (Å²) in [5.41, 5.74) is 7.65. The molecule has 2 aromatic carbocycles. The van der Waals surface area contributed by atoms with Crippen molar-refractivity contribution in [2.45, 2.75) is 57.9 Å². The van der Waals surface area contributed by atoms with Crippen LogP contribution < -0.4 is 10.6 Å². The minimum absolute atomic E-state index is 0.249. The Morgan fingerprint density at radius 1 is 1.03 bits per heavy atom. The molecule has 0 saturated heterocycles. The molecule has 0 aromatic heterocycles. The van der Waals surface area contributed by atoms with Crippen LogP contribution in [0.1, 0.15) is 72.6 Å². The lowest BCUT2D eigenvalue weighted by atomic mass is 9.92. The largest absolute Gasteiger partial charge is 0.480 e. The van der Waals surface area contributed by atoms with Crippen LogP contribution in [-0.2, 0) is 4.79 Å².